The van der Waals surface area contributed by atoms with E-state index in [4.69, 9.17) is 4.42 Å². The van der Waals surface area contributed by atoms with E-state index in [9.17, 15) is 9.18 Å². The average Bonchev–Trinajstić information content (AvgIpc) is 2.89. The Hall–Kier alpha value is -2.95. The number of aromatic nitrogens is 1. The fourth-order valence-corrected chi connectivity index (χ4v) is 2.22. The molecule has 0 aliphatic heterocycles. The van der Waals surface area contributed by atoms with E-state index >= 15 is 0 Å². The predicted octanol–water partition coefficient (Wildman–Crippen LogP) is 3.97. The first-order chi connectivity index (χ1) is 11.1. The van der Waals surface area contributed by atoms with Gasteiger partial charge in [0.15, 0.2) is 0 Å². The van der Waals surface area contributed by atoms with E-state index in [1.165, 1.54) is 12.1 Å². The molecule has 3 rings (SSSR count). The number of nitrogens with zero attached hydrogens (tertiary/aromatic N) is 1. The SMILES string of the molecule is Cc1oc(-c2ccccc2)nc1CC(=O)Nc1cccc(F)c1. The van der Waals surface area contributed by atoms with Gasteiger partial charge in [0.1, 0.15) is 11.6 Å². The number of aryl methyl sites for hydroxylation is 1. The summed E-state index contributed by atoms with van der Waals surface area (Å²) in [7, 11) is 0. The van der Waals surface area contributed by atoms with Crippen LogP contribution >= 0.6 is 0 Å². The van der Waals surface area contributed by atoms with Crippen LogP contribution in [0.25, 0.3) is 11.5 Å². The number of amides is 1. The van der Waals surface area contributed by atoms with Crippen LogP contribution in [-0.4, -0.2) is 10.9 Å². The molecule has 1 N–H and O–H groups in total. The molecule has 1 amide bonds. The van der Waals surface area contributed by atoms with Gasteiger partial charge in [-0.05, 0) is 37.3 Å². The minimum absolute atomic E-state index is 0.0681. The molecular weight excluding hydrogens is 295 g/mol. The van der Waals surface area contributed by atoms with Crippen molar-refractivity contribution in [3.05, 3.63) is 71.9 Å². The number of oxazole rings is 1. The molecule has 0 saturated heterocycles. The Morgan fingerprint density at radius 1 is 1.17 bits per heavy atom. The Labute approximate surface area is 133 Å². The van der Waals surface area contributed by atoms with E-state index in [2.05, 4.69) is 10.3 Å². The molecule has 116 valence electrons. The van der Waals surface area contributed by atoms with E-state index in [1.54, 1.807) is 19.1 Å². The summed E-state index contributed by atoms with van der Waals surface area (Å²) < 4.78 is 18.7. The van der Waals surface area contributed by atoms with Crippen LogP contribution in [0.1, 0.15) is 11.5 Å². The third-order valence-corrected chi connectivity index (χ3v) is 3.35. The van der Waals surface area contributed by atoms with Crippen molar-refractivity contribution >= 4 is 11.6 Å². The van der Waals surface area contributed by atoms with Gasteiger partial charge in [0.05, 0.1) is 12.1 Å². The summed E-state index contributed by atoms with van der Waals surface area (Å²) in [4.78, 5) is 16.5. The first-order valence-corrected chi connectivity index (χ1v) is 7.19. The van der Waals surface area contributed by atoms with Gasteiger partial charge in [-0.3, -0.25) is 4.79 Å². The van der Waals surface area contributed by atoms with Crippen LogP contribution in [-0.2, 0) is 11.2 Å². The molecule has 0 saturated carbocycles. The smallest absolute Gasteiger partial charge is 0.230 e. The predicted molar refractivity (Wildman–Crippen MR) is 85.4 cm³/mol. The molecule has 0 fully saturated rings. The number of carbonyl (C=O) groups is 1. The van der Waals surface area contributed by atoms with Crippen molar-refractivity contribution < 1.29 is 13.6 Å². The zero-order valence-corrected chi connectivity index (χ0v) is 12.5. The van der Waals surface area contributed by atoms with Crippen LogP contribution < -0.4 is 5.32 Å². The van der Waals surface area contributed by atoms with Gasteiger partial charge in [0.25, 0.3) is 0 Å². The summed E-state index contributed by atoms with van der Waals surface area (Å²) in [5.41, 5.74) is 1.84. The average molecular weight is 310 g/mol. The molecule has 1 heterocycles. The summed E-state index contributed by atoms with van der Waals surface area (Å²) in [6.45, 7) is 1.77. The lowest BCUT2D eigenvalue weighted by Gasteiger charge is -2.03. The molecule has 0 bridgehead atoms. The molecule has 1 aromatic heterocycles. The topological polar surface area (TPSA) is 55.1 Å². The normalized spacial score (nSPS) is 10.5. The molecule has 0 aliphatic carbocycles. The summed E-state index contributed by atoms with van der Waals surface area (Å²) in [5, 5.41) is 2.65. The zero-order valence-electron chi connectivity index (χ0n) is 12.5. The van der Waals surface area contributed by atoms with Gasteiger partial charge in [-0.1, -0.05) is 24.3 Å². The van der Waals surface area contributed by atoms with Crippen LogP contribution in [0.15, 0.2) is 59.0 Å². The number of benzene rings is 2. The van der Waals surface area contributed by atoms with Gasteiger partial charge < -0.3 is 9.73 Å². The van der Waals surface area contributed by atoms with Crippen molar-refractivity contribution in [2.75, 3.05) is 5.32 Å². The second-order valence-corrected chi connectivity index (χ2v) is 5.12. The van der Waals surface area contributed by atoms with Crippen LogP contribution in [0.3, 0.4) is 0 Å². The van der Waals surface area contributed by atoms with Crippen molar-refractivity contribution in [1.82, 2.24) is 4.98 Å². The second kappa shape index (κ2) is 6.44. The zero-order chi connectivity index (χ0) is 16.2. The molecule has 0 atom stereocenters. The van der Waals surface area contributed by atoms with E-state index in [0.29, 0.717) is 23.0 Å². The van der Waals surface area contributed by atoms with Gasteiger partial charge >= 0.3 is 0 Å². The third-order valence-electron chi connectivity index (χ3n) is 3.35. The van der Waals surface area contributed by atoms with Crippen molar-refractivity contribution in [3.8, 4) is 11.5 Å². The standard InChI is InChI=1S/C18H15FN2O2/c1-12-16(21-18(23-12)13-6-3-2-4-7-13)11-17(22)20-15-9-5-8-14(19)10-15/h2-10H,11H2,1H3,(H,20,22). The fraction of sp³-hybridized carbons (Fsp3) is 0.111. The van der Waals surface area contributed by atoms with Crippen LogP contribution in [0.5, 0.6) is 0 Å². The highest BCUT2D eigenvalue weighted by molar-refractivity contribution is 5.92. The lowest BCUT2D eigenvalue weighted by Crippen LogP contribution is -2.15. The first-order valence-electron chi connectivity index (χ1n) is 7.19. The summed E-state index contributed by atoms with van der Waals surface area (Å²) in [5.74, 6) is 0.410. The number of halogens is 1. The lowest BCUT2D eigenvalue weighted by atomic mass is 10.2. The fourth-order valence-electron chi connectivity index (χ4n) is 2.22. The van der Waals surface area contributed by atoms with Crippen LogP contribution in [0.2, 0.25) is 0 Å². The van der Waals surface area contributed by atoms with Crippen molar-refractivity contribution in [1.29, 1.82) is 0 Å². The number of anilines is 1. The van der Waals surface area contributed by atoms with E-state index in [1.807, 2.05) is 30.3 Å². The molecule has 5 heteroatoms. The van der Waals surface area contributed by atoms with E-state index in [0.717, 1.165) is 5.56 Å². The first kappa shape index (κ1) is 15.0. The maximum atomic E-state index is 13.1. The highest BCUT2D eigenvalue weighted by Gasteiger charge is 2.14. The lowest BCUT2D eigenvalue weighted by molar-refractivity contribution is -0.115. The molecular formula is C18H15FN2O2. The molecule has 0 spiro atoms. The Kier molecular flexibility index (Phi) is 4.19. The minimum Gasteiger partial charge on any atom is -0.441 e. The molecule has 0 radical (unpaired) electrons. The molecule has 4 nitrogen and oxygen atoms in total. The largest absolute Gasteiger partial charge is 0.441 e. The Morgan fingerprint density at radius 3 is 2.70 bits per heavy atom. The second-order valence-electron chi connectivity index (χ2n) is 5.12. The van der Waals surface area contributed by atoms with Gasteiger partial charge in [-0.2, -0.15) is 0 Å². The highest BCUT2D eigenvalue weighted by Crippen LogP contribution is 2.22. The number of carbonyl (C=O) groups excluding carboxylic acids is 1. The van der Waals surface area contributed by atoms with Gasteiger partial charge in [0, 0.05) is 11.3 Å². The monoisotopic (exact) mass is 310 g/mol. The highest BCUT2D eigenvalue weighted by atomic mass is 19.1. The van der Waals surface area contributed by atoms with Crippen molar-refractivity contribution in [2.45, 2.75) is 13.3 Å². The Morgan fingerprint density at radius 2 is 1.96 bits per heavy atom. The minimum atomic E-state index is -0.396. The summed E-state index contributed by atoms with van der Waals surface area (Å²) >= 11 is 0. The molecule has 0 aliphatic rings. The van der Waals surface area contributed by atoms with E-state index in [-0.39, 0.29) is 12.3 Å². The van der Waals surface area contributed by atoms with Crippen molar-refractivity contribution in [2.24, 2.45) is 0 Å². The molecule has 2 aromatic carbocycles. The Balaban J connectivity index is 1.73. The molecule has 0 unspecified atom stereocenters. The summed E-state index contributed by atoms with van der Waals surface area (Å²) in [6.07, 6.45) is 0.0681. The Bertz CT molecular complexity index is 828. The van der Waals surface area contributed by atoms with Crippen LogP contribution in [0, 0.1) is 12.7 Å². The van der Waals surface area contributed by atoms with Crippen molar-refractivity contribution in [3.63, 3.8) is 0 Å². The molecule has 3 aromatic rings. The number of hydrogen-bond acceptors (Lipinski definition) is 3. The number of rotatable bonds is 4. The van der Waals surface area contributed by atoms with E-state index < -0.39 is 5.82 Å². The maximum absolute atomic E-state index is 13.1. The van der Waals surface area contributed by atoms with Gasteiger partial charge in [-0.15, -0.1) is 0 Å². The number of nitrogens with one attached hydrogen (secondary N) is 1. The van der Waals surface area contributed by atoms with Gasteiger partial charge in [0.2, 0.25) is 11.8 Å². The van der Waals surface area contributed by atoms with Gasteiger partial charge in [-0.25, -0.2) is 9.37 Å². The van der Waals surface area contributed by atoms with Crippen LogP contribution in [0.4, 0.5) is 10.1 Å². The molecule has 23 heavy (non-hydrogen) atoms. The quantitative estimate of drug-likeness (QED) is 0.793. The maximum Gasteiger partial charge on any atom is 0.230 e. The summed E-state index contributed by atoms with van der Waals surface area (Å²) in [6, 6.07) is 15.2. The number of hydrogen-bond donors (Lipinski definition) is 1. The third kappa shape index (κ3) is 3.63.